The maximum absolute atomic E-state index is 6.07. The van der Waals surface area contributed by atoms with Crippen molar-refractivity contribution >= 4 is 35.4 Å². The highest BCUT2D eigenvalue weighted by Crippen LogP contribution is 2.28. The van der Waals surface area contributed by atoms with E-state index >= 15 is 0 Å². The highest BCUT2D eigenvalue weighted by atomic mass is 35.5. The van der Waals surface area contributed by atoms with Gasteiger partial charge in [-0.1, -0.05) is 23.2 Å². The molecule has 0 fully saturated rings. The Morgan fingerprint density at radius 3 is 2.71 bits per heavy atom. The number of nitrogens with zero attached hydrogens (tertiary/aromatic N) is 2. The number of aromatic amines is 1. The first-order valence-corrected chi connectivity index (χ1v) is 5.74. The summed E-state index contributed by atoms with van der Waals surface area (Å²) in [5, 5.41) is 1.03. The van der Waals surface area contributed by atoms with Crippen molar-refractivity contribution in [3.8, 4) is 17.4 Å². The predicted octanol–water partition coefficient (Wildman–Crippen LogP) is 3.52. The first kappa shape index (κ1) is 12.3. The van der Waals surface area contributed by atoms with Gasteiger partial charge in [0.2, 0.25) is 4.77 Å². The lowest BCUT2D eigenvalue weighted by atomic mass is 10.2. The average Bonchev–Trinajstić information content (AvgIpc) is 2.28. The summed E-state index contributed by atoms with van der Waals surface area (Å²) in [7, 11) is 1.49. The number of aromatic nitrogens is 3. The molecular weight excluding hydrogens is 281 g/mol. The minimum Gasteiger partial charge on any atom is -0.468 e. The van der Waals surface area contributed by atoms with Crippen LogP contribution in [0.3, 0.4) is 0 Å². The van der Waals surface area contributed by atoms with Crippen LogP contribution in [0.15, 0.2) is 18.2 Å². The lowest BCUT2D eigenvalue weighted by Crippen LogP contribution is -1.98. The van der Waals surface area contributed by atoms with Gasteiger partial charge in [-0.25, -0.2) is 4.98 Å². The molecule has 7 heteroatoms. The van der Waals surface area contributed by atoms with E-state index in [1.165, 1.54) is 7.11 Å². The van der Waals surface area contributed by atoms with Crippen LogP contribution in [-0.2, 0) is 0 Å². The van der Waals surface area contributed by atoms with Crippen molar-refractivity contribution in [3.63, 3.8) is 0 Å². The van der Waals surface area contributed by atoms with E-state index in [1.54, 1.807) is 18.2 Å². The Kier molecular flexibility index (Phi) is 3.61. The normalized spacial score (nSPS) is 10.3. The Bertz CT molecular complexity index is 615. The number of benzene rings is 1. The fourth-order valence-electron chi connectivity index (χ4n) is 1.27. The Morgan fingerprint density at radius 2 is 2.06 bits per heavy atom. The minimum atomic E-state index is 0.182. The minimum absolute atomic E-state index is 0.182. The van der Waals surface area contributed by atoms with Gasteiger partial charge in [-0.2, -0.15) is 4.98 Å². The number of ether oxygens (including phenoxy) is 1. The largest absolute Gasteiger partial charge is 0.468 e. The van der Waals surface area contributed by atoms with Crippen LogP contribution in [0.4, 0.5) is 0 Å². The van der Waals surface area contributed by atoms with Gasteiger partial charge in [0.15, 0.2) is 0 Å². The lowest BCUT2D eigenvalue weighted by Gasteiger charge is -2.05. The fraction of sp³-hybridized carbons (Fsp3) is 0.100. The fourth-order valence-corrected chi connectivity index (χ4v) is 1.94. The quantitative estimate of drug-likeness (QED) is 0.859. The third kappa shape index (κ3) is 2.74. The molecule has 0 radical (unpaired) electrons. The molecule has 0 atom stereocenters. The summed E-state index contributed by atoms with van der Waals surface area (Å²) in [6, 6.07) is 5.38. The molecule has 1 aromatic heterocycles. The Hall–Kier alpha value is -1.17. The van der Waals surface area contributed by atoms with Crippen LogP contribution in [-0.4, -0.2) is 22.1 Å². The maximum atomic E-state index is 6.07. The molecule has 0 amide bonds. The Labute approximate surface area is 113 Å². The zero-order chi connectivity index (χ0) is 12.4. The van der Waals surface area contributed by atoms with Crippen molar-refractivity contribution in [2.75, 3.05) is 7.11 Å². The number of methoxy groups -OCH3 is 1. The zero-order valence-corrected chi connectivity index (χ0v) is 11.0. The molecule has 0 aliphatic carbocycles. The summed E-state index contributed by atoms with van der Waals surface area (Å²) in [5.74, 6) is 0.489. The molecule has 1 aromatic carbocycles. The number of H-pyrrole nitrogens is 1. The van der Waals surface area contributed by atoms with Crippen LogP contribution in [0.25, 0.3) is 11.4 Å². The first-order chi connectivity index (χ1) is 8.10. The summed E-state index contributed by atoms with van der Waals surface area (Å²) >= 11 is 16.8. The van der Waals surface area contributed by atoms with Gasteiger partial charge in [0.05, 0.1) is 12.1 Å². The van der Waals surface area contributed by atoms with E-state index in [9.17, 15) is 0 Å². The zero-order valence-electron chi connectivity index (χ0n) is 8.70. The van der Waals surface area contributed by atoms with E-state index in [0.717, 1.165) is 0 Å². The number of rotatable bonds is 2. The molecule has 4 nitrogen and oxygen atoms in total. The molecule has 2 aromatic rings. The number of nitrogens with one attached hydrogen (secondary N) is 1. The van der Waals surface area contributed by atoms with Gasteiger partial charge < -0.3 is 4.74 Å². The highest BCUT2D eigenvalue weighted by molar-refractivity contribution is 7.71. The second-order valence-electron chi connectivity index (χ2n) is 3.11. The molecule has 0 bridgehead atoms. The Morgan fingerprint density at radius 1 is 1.29 bits per heavy atom. The molecule has 0 aliphatic heterocycles. The topological polar surface area (TPSA) is 50.8 Å². The van der Waals surface area contributed by atoms with Gasteiger partial charge >= 0.3 is 0 Å². The SMILES string of the molecule is COc1nc(=S)nc(-c2ccc(Cl)cc2Cl)[nH]1. The van der Waals surface area contributed by atoms with E-state index in [1.807, 2.05) is 0 Å². The molecule has 0 saturated heterocycles. The summed E-state index contributed by atoms with van der Waals surface area (Å²) in [6.07, 6.45) is 0. The van der Waals surface area contributed by atoms with E-state index < -0.39 is 0 Å². The van der Waals surface area contributed by atoms with Crippen LogP contribution in [0.1, 0.15) is 0 Å². The third-order valence-corrected chi connectivity index (χ3v) is 2.74. The second kappa shape index (κ2) is 5.00. The highest BCUT2D eigenvalue weighted by Gasteiger charge is 2.08. The predicted molar refractivity (Wildman–Crippen MR) is 69.2 cm³/mol. The molecule has 1 heterocycles. The van der Waals surface area contributed by atoms with Crippen molar-refractivity contribution < 1.29 is 4.74 Å². The summed E-state index contributed by atoms with van der Waals surface area (Å²) < 4.78 is 5.16. The van der Waals surface area contributed by atoms with Crippen LogP contribution >= 0.6 is 35.4 Å². The van der Waals surface area contributed by atoms with Gasteiger partial charge in [0.1, 0.15) is 5.82 Å². The smallest absolute Gasteiger partial charge is 0.297 e. The average molecular weight is 288 g/mol. The van der Waals surface area contributed by atoms with Gasteiger partial charge in [-0.05, 0) is 30.4 Å². The van der Waals surface area contributed by atoms with Crippen molar-refractivity contribution in [2.45, 2.75) is 0 Å². The molecule has 17 heavy (non-hydrogen) atoms. The first-order valence-electron chi connectivity index (χ1n) is 4.58. The monoisotopic (exact) mass is 287 g/mol. The van der Waals surface area contributed by atoms with Crippen LogP contribution in [0, 0.1) is 4.77 Å². The van der Waals surface area contributed by atoms with E-state index in [0.29, 0.717) is 21.4 Å². The van der Waals surface area contributed by atoms with E-state index in [-0.39, 0.29) is 10.8 Å². The molecule has 1 N–H and O–H groups in total. The van der Waals surface area contributed by atoms with Crippen LogP contribution in [0.5, 0.6) is 6.01 Å². The van der Waals surface area contributed by atoms with Crippen molar-refractivity contribution in [1.29, 1.82) is 0 Å². The van der Waals surface area contributed by atoms with E-state index in [2.05, 4.69) is 15.0 Å². The number of hydrogen-bond donors (Lipinski definition) is 1. The van der Waals surface area contributed by atoms with Gasteiger partial charge in [-0.15, -0.1) is 0 Å². The Balaban J connectivity index is 2.60. The van der Waals surface area contributed by atoms with E-state index in [4.69, 9.17) is 40.2 Å². The van der Waals surface area contributed by atoms with Gasteiger partial charge in [-0.3, -0.25) is 4.98 Å². The maximum Gasteiger partial charge on any atom is 0.297 e. The van der Waals surface area contributed by atoms with Crippen LogP contribution < -0.4 is 4.74 Å². The summed E-state index contributed by atoms with van der Waals surface area (Å²) in [6.45, 7) is 0. The van der Waals surface area contributed by atoms with Crippen molar-refractivity contribution in [1.82, 2.24) is 15.0 Å². The summed E-state index contributed by atoms with van der Waals surface area (Å²) in [5.41, 5.74) is 0.683. The molecule has 0 spiro atoms. The standard InChI is InChI=1S/C10H7Cl2N3OS/c1-16-9-13-8(14-10(17)15-9)6-3-2-5(11)4-7(6)12/h2-4H,1H3,(H,13,14,15,17). The number of halogens is 2. The second-order valence-corrected chi connectivity index (χ2v) is 4.32. The van der Waals surface area contributed by atoms with Crippen molar-refractivity contribution in [3.05, 3.63) is 33.0 Å². The number of hydrogen-bond acceptors (Lipinski definition) is 4. The van der Waals surface area contributed by atoms with Gasteiger partial charge in [0, 0.05) is 10.6 Å². The summed E-state index contributed by atoms with van der Waals surface area (Å²) in [4.78, 5) is 10.8. The molecule has 0 saturated carbocycles. The molecule has 0 unspecified atom stereocenters. The molecular formula is C10H7Cl2N3OS. The molecule has 0 aliphatic rings. The molecule has 88 valence electrons. The van der Waals surface area contributed by atoms with Crippen molar-refractivity contribution in [2.24, 2.45) is 0 Å². The molecule has 2 rings (SSSR count). The third-order valence-electron chi connectivity index (χ3n) is 2.01. The lowest BCUT2D eigenvalue weighted by molar-refractivity contribution is 0.378. The van der Waals surface area contributed by atoms with Gasteiger partial charge in [0.25, 0.3) is 6.01 Å². The van der Waals surface area contributed by atoms with Crippen LogP contribution in [0.2, 0.25) is 10.0 Å².